The average molecular weight is 524 g/mol. The first kappa shape index (κ1) is 27.5. The van der Waals surface area contributed by atoms with Crippen LogP contribution in [-0.2, 0) is 21.1 Å². The molecule has 202 valence electrons. The Labute approximate surface area is 214 Å². The molecule has 0 spiro atoms. The van der Waals surface area contributed by atoms with Gasteiger partial charge in [0.2, 0.25) is 5.91 Å². The van der Waals surface area contributed by atoms with Crippen molar-refractivity contribution in [3.8, 4) is 0 Å². The van der Waals surface area contributed by atoms with Gasteiger partial charge in [0, 0.05) is 18.5 Å². The number of alkyl halides is 3. The number of benzene rings is 2. The zero-order valence-electron chi connectivity index (χ0n) is 20.6. The second-order valence-corrected chi connectivity index (χ2v) is 9.87. The van der Waals surface area contributed by atoms with Gasteiger partial charge in [-0.05, 0) is 62.0 Å². The molecule has 2 N–H and O–H groups in total. The number of halogens is 4. The van der Waals surface area contributed by atoms with Crippen molar-refractivity contribution in [1.29, 1.82) is 0 Å². The Balaban J connectivity index is 1.44. The first-order valence-electron chi connectivity index (χ1n) is 12.6. The smallest absolute Gasteiger partial charge is 0.393 e. The molecule has 2 aromatic carbocycles. The van der Waals surface area contributed by atoms with Crippen molar-refractivity contribution in [3.05, 3.63) is 71.0 Å². The van der Waals surface area contributed by atoms with E-state index in [0.29, 0.717) is 38.5 Å². The molecular weight excluding hydrogens is 490 g/mol. The SMILES string of the molecule is O=C(CN1CCCC1)NN1CCC(COC(CO)c2ccc(F)c(C(F)(F)F)c2)(c2ccccc2)CC1. The van der Waals surface area contributed by atoms with Gasteiger partial charge < -0.3 is 9.84 Å². The number of carbonyl (C=O) groups excluding carboxylic acids is 1. The van der Waals surface area contributed by atoms with E-state index in [-0.39, 0.29) is 18.1 Å². The number of likely N-dealkylation sites (tertiary alicyclic amines) is 1. The van der Waals surface area contributed by atoms with Gasteiger partial charge in [-0.1, -0.05) is 36.4 Å². The number of hydrogen-bond acceptors (Lipinski definition) is 5. The minimum absolute atomic E-state index is 0.0394. The van der Waals surface area contributed by atoms with Gasteiger partial charge in [-0.3, -0.25) is 15.1 Å². The maximum absolute atomic E-state index is 13.8. The van der Waals surface area contributed by atoms with Crippen molar-refractivity contribution < 1.29 is 32.2 Å². The number of nitrogens with one attached hydrogen (secondary N) is 1. The third-order valence-electron chi connectivity index (χ3n) is 7.35. The molecule has 0 bridgehead atoms. The van der Waals surface area contributed by atoms with Crippen LogP contribution >= 0.6 is 0 Å². The number of amides is 1. The molecule has 0 saturated carbocycles. The third kappa shape index (κ3) is 6.87. The van der Waals surface area contributed by atoms with Crippen LogP contribution in [0.5, 0.6) is 0 Å². The number of ether oxygens (including phenoxy) is 1. The molecule has 2 aliphatic rings. The molecule has 10 heteroatoms. The summed E-state index contributed by atoms with van der Waals surface area (Å²) in [5, 5.41) is 11.8. The molecule has 37 heavy (non-hydrogen) atoms. The third-order valence-corrected chi connectivity index (χ3v) is 7.35. The molecule has 0 aromatic heterocycles. The largest absolute Gasteiger partial charge is 0.419 e. The van der Waals surface area contributed by atoms with Crippen molar-refractivity contribution in [2.45, 2.75) is 43.4 Å². The Bertz CT molecular complexity index is 1040. The Morgan fingerprint density at radius 1 is 1.05 bits per heavy atom. The zero-order chi connectivity index (χ0) is 26.5. The molecule has 0 radical (unpaired) electrons. The zero-order valence-corrected chi connectivity index (χ0v) is 20.6. The number of aliphatic hydroxyl groups excluding tert-OH is 1. The molecule has 4 rings (SSSR count). The predicted molar refractivity (Wildman–Crippen MR) is 130 cm³/mol. The van der Waals surface area contributed by atoms with E-state index in [9.17, 15) is 27.5 Å². The van der Waals surface area contributed by atoms with Gasteiger partial charge in [0.1, 0.15) is 11.9 Å². The Morgan fingerprint density at radius 3 is 2.35 bits per heavy atom. The molecule has 1 atom stereocenters. The van der Waals surface area contributed by atoms with Crippen molar-refractivity contribution in [2.24, 2.45) is 0 Å². The van der Waals surface area contributed by atoms with Crippen LogP contribution < -0.4 is 5.43 Å². The van der Waals surface area contributed by atoms with Gasteiger partial charge in [-0.15, -0.1) is 0 Å². The van der Waals surface area contributed by atoms with Crippen molar-refractivity contribution in [3.63, 3.8) is 0 Å². The number of hydrazine groups is 1. The van der Waals surface area contributed by atoms with Crippen LogP contribution in [0.1, 0.15) is 48.5 Å². The van der Waals surface area contributed by atoms with Crippen molar-refractivity contribution in [2.75, 3.05) is 45.9 Å². The van der Waals surface area contributed by atoms with Gasteiger partial charge in [-0.2, -0.15) is 13.2 Å². The summed E-state index contributed by atoms with van der Waals surface area (Å²) in [6.07, 6.45) is -2.40. The fraction of sp³-hybridized carbons (Fsp3) is 0.519. The van der Waals surface area contributed by atoms with E-state index in [1.54, 1.807) is 0 Å². The molecule has 2 aromatic rings. The molecule has 2 fully saturated rings. The quantitative estimate of drug-likeness (QED) is 0.486. The molecule has 6 nitrogen and oxygen atoms in total. The van der Waals surface area contributed by atoms with Crippen LogP contribution in [0.25, 0.3) is 0 Å². The van der Waals surface area contributed by atoms with Gasteiger partial charge in [0.05, 0.1) is 25.3 Å². The van der Waals surface area contributed by atoms with Crippen LogP contribution in [0.3, 0.4) is 0 Å². The lowest BCUT2D eigenvalue weighted by atomic mass is 9.73. The van der Waals surface area contributed by atoms with E-state index in [1.807, 2.05) is 35.3 Å². The second-order valence-electron chi connectivity index (χ2n) is 9.87. The standard InChI is InChI=1S/C27H33F4N3O3/c28-23-9-8-20(16-22(23)27(29,30)31)24(18-35)37-19-26(21-6-2-1-3-7-21)10-14-34(15-11-26)32-25(36)17-33-12-4-5-13-33/h1-3,6-9,16,24,35H,4-5,10-15,17-19H2,(H,32,36). The average Bonchev–Trinajstić information content (AvgIpc) is 3.39. The minimum Gasteiger partial charge on any atom is -0.393 e. The Hall–Kier alpha value is -2.53. The van der Waals surface area contributed by atoms with E-state index >= 15 is 0 Å². The first-order valence-corrected chi connectivity index (χ1v) is 12.6. The summed E-state index contributed by atoms with van der Waals surface area (Å²) < 4.78 is 59.5. The minimum atomic E-state index is -4.85. The summed E-state index contributed by atoms with van der Waals surface area (Å²) in [5.41, 5.74) is 2.23. The van der Waals surface area contributed by atoms with Gasteiger partial charge >= 0.3 is 6.18 Å². The van der Waals surface area contributed by atoms with Gasteiger partial charge in [0.25, 0.3) is 0 Å². The fourth-order valence-electron chi connectivity index (χ4n) is 5.18. The first-order chi connectivity index (χ1) is 17.7. The highest BCUT2D eigenvalue weighted by molar-refractivity contribution is 5.77. The molecule has 2 saturated heterocycles. The summed E-state index contributed by atoms with van der Waals surface area (Å²) >= 11 is 0. The van der Waals surface area contributed by atoms with Crippen molar-refractivity contribution >= 4 is 5.91 Å². The number of rotatable bonds is 9. The number of piperidine rings is 1. The Morgan fingerprint density at radius 2 is 1.73 bits per heavy atom. The monoisotopic (exact) mass is 523 g/mol. The molecule has 1 amide bonds. The lowest BCUT2D eigenvalue weighted by Crippen LogP contribution is -2.53. The van der Waals surface area contributed by atoms with E-state index in [2.05, 4.69) is 10.3 Å². The second kappa shape index (κ2) is 11.9. The van der Waals surface area contributed by atoms with Crippen molar-refractivity contribution in [1.82, 2.24) is 15.3 Å². The summed E-state index contributed by atoms with van der Waals surface area (Å²) in [7, 11) is 0. The highest BCUT2D eigenvalue weighted by Crippen LogP contribution is 2.38. The predicted octanol–water partition coefficient (Wildman–Crippen LogP) is 4.06. The topological polar surface area (TPSA) is 65.0 Å². The number of aliphatic hydroxyl groups is 1. The lowest BCUT2D eigenvalue weighted by molar-refractivity contribution is -0.140. The van der Waals surface area contributed by atoms with Gasteiger partial charge in [-0.25, -0.2) is 9.40 Å². The lowest BCUT2D eigenvalue weighted by Gasteiger charge is -2.42. The molecule has 0 aliphatic carbocycles. The maximum Gasteiger partial charge on any atom is 0.419 e. The molecular formula is C27H33F4N3O3. The van der Waals surface area contributed by atoms with Crippen LogP contribution in [-0.4, -0.2) is 66.9 Å². The van der Waals surface area contributed by atoms with E-state index in [0.717, 1.165) is 37.6 Å². The fourth-order valence-corrected chi connectivity index (χ4v) is 5.18. The number of carbonyl (C=O) groups is 1. The number of hydrogen-bond donors (Lipinski definition) is 2. The van der Waals surface area contributed by atoms with Gasteiger partial charge in [0.15, 0.2) is 0 Å². The summed E-state index contributed by atoms with van der Waals surface area (Å²) in [4.78, 5) is 14.6. The normalized spacial score (nSPS) is 19.6. The highest BCUT2D eigenvalue weighted by atomic mass is 19.4. The van der Waals surface area contributed by atoms with Crippen LogP contribution in [0.2, 0.25) is 0 Å². The molecule has 1 unspecified atom stereocenters. The van der Waals surface area contributed by atoms with E-state index in [4.69, 9.17) is 4.74 Å². The highest BCUT2D eigenvalue weighted by Gasteiger charge is 2.39. The summed E-state index contributed by atoms with van der Waals surface area (Å²) in [5.74, 6) is -1.41. The summed E-state index contributed by atoms with van der Waals surface area (Å²) in [6, 6.07) is 12.4. The molecule has 2 aliphatic heterocycles. The summed E-state index contributed by atoms with van der Waals surface area (Å²) in [6.45, 7) is 2.99. The Kier molecular flexibility index (Phi) is 8.84. The van der Waals surface area contributed by atoms with Crippen LogP contribution in [0, 0.1) is 5.82 Å². The van der Waals surface area contributed by atoms with Crippen LogP contribution in [0.15, 0.2) is 48.5 Å². The van der Waals surface area contributed by atoms with E-state index in [1.165, 1.54) is 6.07 Å². The van der Waals surface area contributed by atoms with Crippen LogP contribution in [0.4, 0.5) is 17.6 Å². The van der Waals surface area contributed by atoms with E-state index < -0.39 is 35.7 Å². The maximum atomic E-state index is 13.8. The molecule has 2 heterocycles. The number of nitrogens with zero attached hydrogens (tertiary/aromatic N) is 2.